The molecule has 0 bridgehead atoms. The fourth-order valence-corrected chi connectivity index (χ4v) is 4.36. The molecule has 0 radical (unpaired) electrons. The molecule has 1 saturated heterocycles. The summed E-state index contributed by atoms with van der Waals surface area (Å²) in [5.41, 5.74) is 0.854. The van der Waals surface area contributed by atoms with Gasteiger partial charge in [-0.25, -0.2) is 18.3 Å². The van der Waals surface area contributed by atoms with Gasteiger partial charge < -0.3 is 15.2 Å². The van der Waals surface area contributed by atoms with Crippen LogP contribution in [0.5, 0.6) is 0 Å². The lowest BCUT2D eigenvalue weighted by molar-refractivity contribution is 0.0605. The standard InChI is InChI=1S/C23H24F3N5O2.CH3N/c1-13-10-30(12-21(27)31(13)11-20(25)26)23(33)17-8-14(6-7-18(17)24)9-19-15-4-2-3-5-16(15)22(32)29-28-19;1-2/h4-8,13,20,27H,2-3,9-12H2,1H3,(H,29,32);2H,1H2. The van der Waals surface area contributed by atoms with Crippen molar-refractivity contribution in [1.29, 1.82) is 10.8 Å². The maximum Gasteiger partial charge on any atom is 0.271 e. The summed E-state index contributed by atoms with van der Waals surface area (Å²) >= 11 is 0. The number of aromatic amines is 1. The van der Waals surface area contributed by atoms with Crippen molar-refractivity contribution in [2.75, 3.05) is 19.6 Å². The molecule has 2 aromatic rings. The lowest BCUT2D eigenvalue weighted by Gasteiger charge is -2.41. The van der Waals surface area contributed by atoms with Gasteiger partial charge in [0.1, 0.15) is 11.7 Å². The summed E-state index contributed by atoms with van der Waals surface area (Å²) in [5.74, 6) is -1.40. The average Bonchev–Trinajstić information content (AvgIpc) is 2.85. The Morgan fingerprint density at radius 2 is 1.94 bits per heavy atom. The van der Waals surface area contributed by atoms with Crippen LogP contribution in [0.4, 0.5) is 13.2 Å². The van der Waals surface area contributed by atoms with E-state index in [1.165, 1.54) is 21.9 Å². The monoisotopic (exact) mass is 488 g/mol. The van der Waals surface area contributed by atoms with Crippen LogP contribution in [0, 0.1) is 16.6 Å². The second kappa shape index (κ2) is 11.1. The predicted molar refractivity (Wildman–Crippen MR) is 127 cm³/mol. The highest BCUT2D eigenvalue weighted by Crippen LogP contribution is 2.19. The van der Waals surface area contributed by atoms with Crippen LogP contribution >= 0.6 is 0 Å². The van der Waals surface area contributed by atoms with Crippen molar-refractivity contribution in [2.24, 2.45) is 0 Å². The first kappa shape index (κ1) is 25.9. The summed E-state index contributed by atoms with van der Waals surface area (Å²) < 4.78 is 40.2. The number of carbonyl (C=O) groups excluding carboxylic acids is 1. The third kappa shape index (κ3) is 5.67. The van der Waals surface area contributed by atoms with Crippen LogP contribution in [-0.4, -0.2) is 70.6 Å². The summed E-state index contributed by atoms with van der Waals surface area (Å²) in [6.45, 7) is 3.52. The number of hydrogen-bond donors (Lipinski definition) is 3. The molecule has 1 aromatic heterocycles. The molecule has 1 atom stereocenters. The Morgan fingerprint density at radius 3 is 2.60 bits per heavy atom. The van der Waals surface area contributed by atoms with E-state index in [1.807, 2.05) is 12.2 Å². The number of hydrogen-bond acceptors (Lipinski definition) is 5. The average molecular weight is 489 g/mol. The smallest absolute Gasteiger partial charge is 0.271 e. The summed E-state index contributed by atoms with van der Waals surface area (Å²) in [6.07, 6.45) is 3.08. The predicted octanol–water partition coefficient (Wildman–Crippen LogP) is 1.51. The van der Waals surface area contributed by atoms with Gasteiger partial charge in [0.25, 0.3) is 17.9 Å². The molecule has 8 nitrogen and oxygen atoms in total. The number of benzene rings is 1. The van der Waals surface area contributed by atoms with E-state index in [-0.39, 0.29) is 30.0 Å². The van der Waals surface area contributed by atoms with E-state index < -0.39 is 30.7 Å². The molecule has 1 aliphatic heterocycles. The third-order valence-corrected chi connectivity index (χ3v) is 5.96. The minimum atomic E-state index is -2.59. The molecule has 0 saturated carbocycles. The van der Waals surface area contributed by atoms with Gasteiger partial charge in [-0.05, 0) is 44.2 Å². The van der Waals surface area contributed by atoms with Crippen LogP contribution in [-0.2, 0) is 6.42 Å². The Balaban J connectivity index is 0.00000167. The van der Waals surface area contributed by atoms with Crippen molar-refractivity contribution in [1.82, 2.24) is 20.0 Å². The quantitative estimate of drug-likeness (QED) is 0.553. The molecule has 1 aliphatic carbocycles. The maximum absolute atomic E-state index is 14.6. The van der Waals surface area contributed by atoms with E-state index in [1.54, 1.807) is 13.0 Å². The van der Waals surface area contributed by atoms with Gasteiger partial charge in [0, 0.05) is 29.4 Å². The lowest BCUT2D eigenvalue weighted by atomic mass is 10.0. The van der Waals surface area contributed by atoms with E-state index in [0.29, 0.717) is 22.9 Å². The highest BCUT2D eigenvalue weighted by atomic mass is 19.3. The summed E-state index contributed by atoms with van der Waals surface area (Å²) in [7, 11) is 0. The zero-order valence-electron chi connectivity index (χ0n) is 19.3. The van der Waals surface area contributed by atoms with Crippen molar-refractivity contribution in [3.05, 3.63) is 61.6 Å². The zero-order chi connectivity index (χ0) is 25.7. The van der Waals surface area contributed by atoms with Crippen LogP contribution in [0.25, 0.3) is 12.2 Å². The topological polar surface area (TPSA) is 117 Å². The number of nitrogens with zero attached hydrogens (tertiary/aromatic N) is 3. The van der Waals surface area contributed by atoms with Crippen molar-refractivity contribution in [2.45, 2.75) is 38.7 Å². The van der Waals surface area contributed by atoms with Gasteiger partial charge in [-0.3, -0.25) is 15.0 Å². The SMILES string of the molecule is C=N.CC1CN(C(=O)c2cc(Cc3n[nH]c(=O)c4c3=CCCC=4)ccc2F)CC(=N)N1CC(F)F. The summed E-state index contributed by atoms with van der Waals surface area (Å²) in [4.78, 5) is 27.7. The van der Waals surface area contributed by atoms with Crippen LogP contribution in [0.1, 0.15) is 41.4 Å². The lowest BCUT2D eigenvalue weighted by Crippen LogP contribution is -2.57. The molecule has 4 rings (SSSR count). The van der Waals surface area contributed by atoms with Crippen LogP contribution < -0.4 is 16.0 Å². The van der Waals surface area contributed by atoms with Crippen molar-refractivity contribution >= 4 is 30.6 Å². The van der Waals surface area contributed by atoms with Gasteiger partial charge >= 0.3 is 0 Å². The number of amides is 1. The molecule has 1 fully saturated rings. The molecule has 2 heterocycles. The number of rotatable bonds is 5. The molecule has 1 unspecified atom stereocenters. The van der Waals surface area contributed by atoms with Crippen LogP contribution in [0.2, 0.25) is 0 Å². The first-order valence-corrected chi connectivity index (χ1v) is 11.1. The molecule has 3 N–H and O–H groups in total. The number of aromatic nitrogens is 2. The van der Waals surface area contributed by atoms with Crippen molar-refractivity contribution < 1.29 is 18.0 Å². The highest BCUT2D eigenvalue weighted by Gasteiger charge is 2.32. The zero-order valence-corrected chi connectivity index (χ0v) is 19.3. The Kier molecular flexibility index (Phi) is 8.21. The first-order chi connectivity index (χ1) is 16.7. The number of fused-ring (bicyclic) bond motifs is 1. The molecule has 11 heteroatoms. The number of nitrogens with one attached hydrogen (secondary N) is 3. The number of piperazine rings is 1. The second-order valence-corrected chi connectivity index (χ2v) is 8.33. The number of alkyl halides is 2. The molecule has 1 aromatic carbocycles. The van der Waals surface area contributed by atoms with Crippen LogP contribution in [0.15, 0.2) is 23.0 Å². The first-order valence-electron chi connectivity index (χ1n) is 11.1. The Hall–Kier alpha value is -3.76. The van der Waals surface area contributed by atoms with Gasteiger partial charge in [0.15, 0.2) is 0 Å². The Bertz CT molecular complexity index is 1290. The Morgan fingerprint density at radius 1 is 1.26 bits per heavy atom. The maximum atomic E-state index is 14.6. The van der Waals surface area contributed by atoms with Gasteiger partial charge in [0.05, 0.1) is 24.3 Å². The van der Waals surface area contributed by atoms with E-state index in [4.69, 9.17) is 10.8 Å². The highest BCUT2D eigenvalue weighted by molar-refractivity contribution is 5.98. The van der Waals surface area contributed by atoms with Gasteiger partial charge in [0.2, 0.25) is 0 Å². The number of carbonyl (C=O) groups is 1. The third-order valence-electron chi connectivity index (χ3n) is 5.96. The van der Waals surface area contributed by atoms with Crippen molar-refractivity contribution in [3.8, 4) is 0 Å². The molecule has 2 aliphatic rings. The molecule has 35 heavy (non-hydrogen) atoms. The molecular formula is C24H27F3N6O2. The van der Waals surface area contributed by atoms with E-state index in [9.17, 15) is 22.8 Å². The second-order valence-electron chi connectivity index (χ2n) is 8.33. The molecule has 186 valence electrons. The van der Waals surface area contributed by atoms with E-state index in [0.717, 1.165) is 18.1 Å². The van der Waals surface area contributed by atoms with E-state index in [2.05, 4.69) is 16.9 Å². The fourth-order valence-electron chi connectivity index (χ4n) is 4.36. The normalized spacial score (nSPS) is 17.2. The summed E-state index contributed by atoms with van der Waals surface area (Å²) in [5, 5.41) is 21.5. The largest absolute Gasteiger partial charge is 0.349 e. The van der Waals surface area contributed by atoms with Gasteiger partial charge in [-0.2, -0.15) is 5.10 Å². The van der Waals surface area contributed by atoms with E-state index >= 15 is 0 Å². The molecule has 0 spiro atoms. The Labute approximate surface area is 199 Å². The minimum Gasteiger partial charge on any atom is -0.349 e. The number of halogens is 3. The number of H-pyrrole nitrogens is 1. The minimum absolute atomic E-state index is 0.102. The molecule has 1 amide bonds. The molecular weight excluding hydrogens is 461 g/mol. The van der Waals surface area contributed by atoms with Gasteiger partial charge in [-0.1, -0.05) is 18.2 Å². The summed E-state index contributed by atoms with van der Waals surface area (Å²) in [6, 6.07) is 3.73. The van der Waals surface area contributed by atoms with Gasteiger partial charge in [-0.15, -0.1) is 0 Å². The van der Waals surface area contributed by atoms with Crippen molar-refractivity contribution in [3.63, 3.8) is 0 Å². The number of amidine groups is 1. The fraction of sp³-hybridized carbons (Fsp3) is 0.375. The van der Waals surface area contributed by atoms with Crippen LogP contribution in [0.3, 0.4) is 0 Å².